The second-order valence-corrected chi connectivity index (χ2v) is 6.88. The lowest BCUT2D eigenvalue weighted by Crippen LogP contribution is -2.31. The number of hydrogen-bond acceptors (Lipinski definition) is 6. The van der Waals surface area contributed by atoms with Gasteiger partial charge in [0.1, 0.15) is 5.75 Å². The zero-order valence-electron chi connectivity index (χ0n) is 13.7. The van der Waals surface area contributed by atoms with Crippen LogP contribution in [-0.4, -0.2) is 31.1 Å². The maximum absolute atomic E-state index is 11.1. The van der Waals surface area contributed by atoms with Crippen molar-refractivity contribution in [2.45, 2.75) is 24.3 Å². The number of para-hydroxylation sites is 1. The first-order valence-corrected chi connectivity index (χ1v) is 8.53. The van der Waals surface area contributed by atoms with Crippen LogP contribution in [0.1, 0.15) is 12.5 Å². The highest BCUT2D eigenvalue weighted by Gasteiger charge is 2.20. The second kappa shape index (κ2) is 6.98. The number of aromatic hydroxyl groups is 1. The van der Waals surface area contributed by atoms with Crippen LogP contribution in [0.15, 0.2) is 53.7 Å². The zero-order chi connectivity index (χ0) is 18.0. The highest BCUT2D eigenvalue weighted by atomic mass is 32.2. The third-order valence-electron chi connectivity index (χ3n) is 3.68. The summed E-state index contributed by atoms with van der Waals surface area (Å²) in [4.78, 5) is 11.1. The average molecular weight is 354 g/mol. The number of carbonyl (C=O) groups excluding carboxylic acids is 1. The van der Waals surface area contributed by atoms with E-state index in [4.69, 9.17) is 0 Å². The van der Waals surface area contributed by atoms with Gasteiger partial charge in [-0.2, -0.15) is 0 Å². The minimum atomic E-state index is -1.17. The standard InChI is InChI=1S/C18H17N3O3S/c1-11-7-9-13(10-8-11)21-16(14-5-3-4-6-15(14)22)19-20-18(21)25-12(2)17(23)24/h3-10,12,22H,1-2H3,(H,23,24)/p-1/t12-/m0/s1. The first kappa shape index (κ1) is 17.0. The van der Waals surface area contributed by atoms with Crippen LogP contribution in [0.3, 0.4) is 0 Å². The highest BCUT2D eigenvalue weighted by Crippen LogP contribution is 2.33. The number of benzene rings is 2. The number of rotatable bonds is 5. The van der Waals surface area contributed by atoms with E-state index < -0.39 is 11.2 Å². The number of phenolic OH excluding ortho intramolecular Hbond substituents is 1. The Bertz CT molecular complexity index is 906. The van der Waals surface area contributed by atoms with E-state index in [9.17, 15) is 15.0 Å². The number of aromatic nitrogens is 3. The molecule has 25 heavy (non-hydrogen) atoms. The van der Waals surface area contributed by atoms with Crippen molar-refractivity contribution in [1.29, 1.82) is 0 Å². The SMILES string of the molecule is Cc1ccc(-n2c(S[C@@H](C)C(=O)[O-])nnc2-c2ccccc2O)cc1. The molecular formula is C18H16N3O3S-. The van der Waals surface area contributed by atoms with Gasteiger partial charge in [-0.25, -0.2) is 0 Å². The predicted octanol–water partition coefficient (Wildman–Crippen LogP) is 2.18. The number of phenols is 1. The van der Waals surface area contributed by atoms with Crippen molar-refractivity contribution in [3.8, 4) is 22.8 Å². The van der Waals surface area contributed by atoms with E-state index in [1.54, 1.807) is 28.8 Å². The van der Waals surface area contributed by atoms with E-state index in [2.05, 4.69) is 10.2 Å². The summed E-state index contributed by atoms with van der Waals surface area (Å²) in [6, 6.07) is 14.5. The number of carbonyl (C=O) groups is 1. The molecular weight excluding hydrogens is 338 g/mol. The number of carboxylic acid groups (broad SMARTS) is 1. The van der Waals surface area contributed by atoms with Gasteiger partial charge in [-0.15, -0.1) is 10.2 Å². The van der Waals surface area contributed by atoms with Crippen molar-refractivity contribution >= 4 is 17.7 Å². The molecule has 3 rings (SSSR count). The summed E-state index contributed by atoms with van der Waals surface area (Å²) in [5.74, 6) is -0.657. The Labute approximate surface area is 149 Å². The lowest BCUT2D eigenvalue weighted by molar-refractivity contribution is -0.304. The van der Waals surface area contributed by atoms with Gasteiger partial charge >= 0.3 is 0 Å². The summed E-state index contributed by atoms with van der Waals surface area (Å²) in [6.45, 7) is 3.52. The molecule has 0 saturated heterocycles. The van der Waals surface area contributed by atoms with Crippen LogP contribution in [0, 0.1) is 6.92 Å². The van der Waals surface area contributed by atoms with Crippen molar-refractivity contribution in [2.24, 2.45) is 0 Å². The van der Waals surface area contributed by atoms with Crippen molar-refractivity contribution in [2.75, 3.05) is 0 Å². The second-order valence-electron chi connectivity index (χ2n) is 5.57. The van der Waals surface area contributed by atoms with Crippen molar-refractivity contribution in [3.63, 3.8) is 0 Å². The maximum Gasteiger partial charge on any atom is 0.196 e. The van der Waals surface area contributed by atoms with E-state index in [0.29, 0.717) is 16.5 Å². The van der Waals surface area contributed by atoms with Crippen LogP contribution in [0.25, 0.3) is 17.1 Å². The topological polar surface area (TPSA) is 91.1 Å². The Morgan fingerprint density at radius 2 is 1.84 bits per heavy atom. The van der Waals surface area contributed by atoms with Gasteiger partial charge in [0.15, 0.2) is 11.0 Å². The molecule has 0 fully saturated rings. The molecule has 1 atom stereocenters. The minimum Gasteiger partial charge on any atom is -0.549 e. The molecule has 3 aromatic rings. The molecule has 128 valence electrons. The third kappa shape index (κ3) is 3.51. The monoisotopic (exact) mass is 354 g/mol. The molecule has 0 aliphatic rings. The third-order valence-corrected chi connectivity index (χ3v) is 4.71. The van der Waals surface area contributed by atoms with Crippen molar-refractivity contribution in [1.82, 2.24) is 14.8 Å². The summed E-state index contributed by atoms with van der Waals surface area (Å²) in [5, 5.41) is 29.2. The Morgan fingerprint density at radius 1 is 1.16 bits per heavy atom. The predicted molar refractivity (Wildman–Crippen MR) is 93.5 cm³/mol. The van der Waals surface area contributed by atoms with Gasteiger partial charge in [0.2, 0.25) is 0 Å². The molecule has 0 spiro atoms. The van der Waals surface area contributed by atoms with Gasteiger partial charge in [0.05, 0.1) is 11.5 Å². The molecule has 6 nitrogen and oxygen atoms in total. The molecule has 1 aromatic heterocycles. The Hall–Kier alpha value is -2.80. The molecule has 0 aliphatic heterocycles. The first-order valence-electron chi connectivity index (χ1n) is 7.65. The van der Waals surface area contributed by atoms with E-state index in [-0.39, 0.29) is 5.75 Å². The fraction of sp³-hybridized carbons (Fsp3) is 0.167. The van der Waals surface area contributed by atoms with Gasteiger partial charge < -0.3 is 15.0 Å². The smallest absolute Gasteiger partial charge is 0.196 e. The lowest BCUT2D eigenvalue weighted by Gasteiger charge is -2.14. The van der Waals surface area contributed by atoms with Gasteiger partial charge in [0, 0.05) is 10.9 Å². The molecule has 0 bridgehead atoms. The molecule has 0 amide bonds. The summed E-state index contributed by atoms with van der Waals surface area (Å²) >= 11 is 1.04. The van der Waals surface area contributed by atoms with Crippen LogP contribution in [-0.2, 0) is 4.79 Å². The molecule has 1 N–H and O–H groups in total. The molecule has 2 aromatic carbocycles. The molecule has 1 heterocycles. The van der Waals surface area contributed by atoms with E-state index in [1.807, 2.05) is 31.2 Å². The van der Waals surface area contributed by atoms with Crippen LogP contribution in [0.2, 0.25) is 0 Å². The Morgan fingerprint density at radius 3 is 2.48 bits per heavy atom. The van der Waals surface area contributed by atoms with Crippen LogP contribution < -0.4 is 5.11 Å². The summed E-state index contributed by atoms with van der Waals surface area (Å²) in [7, 11) is 0. The molecule has 0 aliphatic carbocycles. The maximum atomic E-state index is 11.1. The van der Waals surface area contributed by atoms with Gasteiger partial charge in [-0.1, -0.05) is 41.6 Å². The highest BCUT2D eigenvalue weighted by molar-refractivity contribution is 8.00. The summed E-state index contributed by atoms with van der Waals surface area (Å²) in [5.41, 5.74) is 2.39. The number of carboxylic acids is 1. The van der Waals surface area contributed by atoms with E-state index in [0.717, 1.165) is 23.0 Å². The number of aryl methyl sites for hydroxylation is 1. The van der Waals surface area contributed by atoms with Gasteiger partial charge in [0.25, 0.3) is 0 Å². The first-order chi connectivity index (χ1) is 12.0. The largest absolute Gasteiger partial charge is 0.549 e. The van der Waals surface area contributed by atoms with Gasteiger partial charge in [-0.05, 0) is 38.1 Å². The number of aliphatic carboxylic acids is 1. The zero-order valence-corrected chi connectivity index (χ0v) is 14.5. The lowest BCUT2D eigenvalue weighted by atomic mass is 10.1. The van der Waals surface area contributed by atoms with Crippen molar-refractivity contribution in [3.05, 3.63) is 54.1 Å². The van der Waals surface area contributed by atoms with Crippen LogP contribution in [0.4, 0.5) is 0 Å². The summed E-state index contributed by atoms with van der Waals surface area (Å²) in [6.07, 6.45) is 0. The van der Waals surface area contributed by atoms with Crippen LogP contribution in [0.5, 0.6) is 5.75 Å². The molecule has 0 unspecified atom stereocenters. The van der Waals surface area contributed by atoms with Crippen LogP contribution >= 0.6 is 11.8 Å². The normalized spacial score (nSPS) is 12.1. The molecule has 0 radical (unpaired) electrons. The quantitative estimate of drug-likeness (QED) is 0.706. The summed E-state index contributed by atoms with van der Waals surface area (Å²) < 4.78 is 1.73. The molecule has 0 saturated carbocycles. The fourth-order valence-electron chi connectivity index (χ4n) is 2.32. The molecule has 7 heteroatoms. The fourth-order valence-corrected chi connectivity index (χ4v) is 3.11. The number of hydrogen-bond donors (Lipinski definition) is 1. The van der Waals surface area contributed by atoms with Crippen molar-refractivity contribution < 1.29 is 15.0 Å². The van der Waals surface area contributed by atoms with Gasteiger partial charge in [-0.3, -0.25) is 4.57 Å². The number of thioether (sulfide) groups is 1. The van der Waals surface area contributed by atoms with E-state index >= 15 is 0 Å². The Kier molecular flexibility index (Phi) is 4.76. The Balaban J connectivity index is 2.16. The number of nitrogens with zero attached hydrogens (tertiary/aromatic N) is 3. The minimum absolute atomic E-state index is 0.0766. The average Bonchev–Trinajstić information content (AvgIpc) is 2.99. The van der Waals surface area contributed by atoms with E-state index in [1.165, 1.54) is 6.92 Å².